The van der Waals surface area contributed by atoms with E-state index >= 15 is 0 Å². The zero-order chi connectivity index (χ0) is 13.4. The van der Waals surface area contributed by atoms with E-state index in [9.17, 15) is 18.4 Å². The molecule has 5 heteroatoms. The third kappa shape index (κ3) is 1.92. The zero-order valence-corrected chi connectivity index (χ0v) is 9.80. The van der Waals surface area contributed by atoms with Gasteiger partial charge in [0.2, 0.25) is 0 Å². The Balaban J connectivity index is 2.41. The van der Waals surface area contributed by atoms with Crippen molar-refractivity contribution in [2.45, 2.75) is 13.3 Å². The van der Waals surface area contributed by atoms with E-state index in [-0.39, 0.29) is 17.8 Å². The Hall–Kier alpha value is -2.04. The minimum Gasteiger partial charge on any atom is -0.304 e. The molecule has 0 saturated carbocycles. The number of halogens is 2. The van der Waals surface area contributed by atoms with E-state index in [0.29, 0.717) is 6.42 Å². The van der Waals surface area contributed by atoms with Gasteiger partial charge in [0.05, 0.1) is 11.3 Å². The molecule has 18 heavy (non-hydrogen) atoms. The third-order valence-electron chi connectivity index (χ3n) is 2.78. The van der Waals surface area contributed by atoms with Gasteiger partial charge >= 0.3 is 0 Å². The predicted octanol–water partition coefficient (Wildman–Crippen LogP) is 2.46. The fourth-order valence-electron chi connectivity index (χ4n) is 1.81. The largest absolute Gasteiger partial charge is 0.304 e. The van der Waals surface area contributed by atoms with E-state index < -0.39 is 23.3 Å². The number of hydrogen-bond acceptors (Lipinski definition) is 2. The number of benzene rings is 1. The van der Waals surface area contributed by atoms with E-state index in [0.717, 1.165) is 22.6 Å². The molecule has 0 saturated heterocycles. The molecular weight excluding hydrogens is 240 g/mol. The highest BCUT2D eigenvalue weighted by Crippen LogP contribution is 2.31. The zero-order valence-electron chi connectivity index (χ0n) is 9.80. The molecule has 0 bridgehead atoms. The molecule has 2 rings (SSSR count). The molecule has 1 heterocycles. The minimum absolute atomic E-state index is 0.0828. The van der Waals surface area contributed by atoms with Crippen LogP contribution in [0, 0.1) is 11.6 Å². The van der Waals surface area contributed by atoms with E-state index in [1.165, 1.54) is 0 Å². The van der Waals surface area contributed by atoms with Crippen LogP contribution in [0.4, 0.5) is 14.5 Å². The van der Waals surface area contributed by atoms with Gasteiger partial charge in [-0.05, 0) is 19.4 Å². The van der Waals surface area contributed by atoms with Crippen molar-refractivity contribution in [1.82, 2.24) is 0 Å². The van der Waals surface area contributed by atoms with Gasteiger partial charge in [-0.1, -0.05) is 5.57 Å². The summed E-state index contributed by atoms with van der Waals surface area (Å²) < 4.78 is 26.2. The van der Waals surface area contributed by atoms with Crippen molar-refractivity contribution >= 4 is 17.4 Å². The second-order valence-corrected chi connectivity index (χ2v) is 4.28. The van der Waals surface area contributed by atoms with Crippen LogP contribution in [0.15, 0.2) is 24.3 Å². The summed E-state index contributed by atoms with van der Waals surface area (Å²) in [6.07, 6.45) is 0.497. The van der Waals surface area contributed by atoms with Gasteiger partial charge < -0.3 is 4.90 Å². The Morgan fingerprint density at radius 1 is 1.28 bits per heavy atom. The van der Waals surface area contributed by atoms with Crippen LogP contribution in [-0.2, 0) is 4.79 Å². The molecule has 1 aliphatic heterocycles. The number of anilines is 1. The van der Waals surface area contributed by atoms with Crippen molar-refractivity contribution in [3.63, 3.8) is 0 Å². The monoisotopic (exact) mass is 251 g/mol. The summed E-state index contributed by atoms with van der Waals surface area (Å²) in [6, 6.07) is 1.65. The highest BCUT2D eigenvalue weighted by atomic mass is 19.2. The van der Waals surface area contributed by atoms with Gasteiger partial charge in [-0.25, -0.2) is 8.78 Å². The number of Topliss-reactive ketones (excluding diaryl/α,β-unsaturated/α-hetero) is 1. The van der Waals surface area contributed by atoms with Gasteiger partial charge in [0.1, 0.15) is 0 Å². The molecule has 0 unspecified atom stereocenters. The Morgan fingerprint density at radius 3 is 2.50 bits per heavy atom. The third-order valence-corrected chi connectivity index (χ3v) is 2.78. The normalized spacial score (nSPS) is 14.1. The first-order chi connectivity index (χ1) is 8.41. The van der Waals surface area contributed by atoms with Crippen LogP contribution in [0.1, 0.15) is 23.7 Å². The Labute approximate surface area is 103 Å². The second kappa shape index (κ2) is 4.33. The molecule has 0 spiro atoms. The number of nitrogens with zero attached hydrogens (tertiary/aromatic N) is 1. The maximum Gasteiger partial charge on any atom is 0.299 e. The van der Waals surface area contributed by atoms with Gasteiger partial charge in [0.15, 0.2) is 11.6 Å². The number of carbonyl (C=O) groups is 2. The minimum atomic E-state index is -1.13. The van der Waals surface area contributed by atoms with Gasteiger partial charge in [0.25, 0.3) is 11.7 Å². The standard InChI is InChI=1S/C13H11F2NO2/c1-7(2)3-4-16-11-6-10(15)9(14)5-8(11)12(17)13(16)18/h5-6H,1,3-4H2,2H3. The van der Waals surface area contributed by atoms with Crippen molar-refractivity contribution in [3.8, 4) is 0 Å². The van der Waals surface area contributed by atoms with Crippen molar-refractivity contribution in [3.05, 3.63) is 41.5 Å². The summed E-state index contributed by atoms with van der Waals surface area (Å²) in [5, 5.41) is 0. The number of carbonyl (C=O) groups excluding carboxylic acids is 2. The van der Waals surface area contributed by atoms with Gasteiger partial charge in [-0.2, -0.15) is 0 Å². The fourth-order valence-corrected chi connectivity index (χ4v) is 1.81. The summed E-state index contributed by atoms with van der Waals surface area (Å²) >= 11 is 0. The summed E-state index contributed by atoms with van der Waals surface area (Å²) in [6.45, 7) is 5.71. The summed E-state index contributed by atoms with van der Waals surface area (Å²) in [4.78, 5) is 24.5. The van der Waals surface area contributed by atoms with E-state index in [2.05, 4.69) is 6.58 Å². The van der Waals surface area contributed by atoms with Crippen molar-refractivity contribution in [2.75, 3.05) is 11.4 Å². The molecule has 0 aliphatic carbocycles. The van der Waals surface area contributed by atoms with Crippen LogP contribution >= 0.6 is 0 Å². The quantitative estimate of drug-likeness (QED) is 0.611. The first-order valence-electron chi connectivity index (χ1n) is 5.41. The Morgan fingerprint density at radius 2 is 1.89 bits per heavy atom. The molecule has 1 aromatic rings. The fraction of sp³-hybridized carbons (Fsp3) is 0.231. The van der Waals surface area contributed by atoms with Gasteiger partial charge in [-0.15, -0.1) is 6.58 Å². The number of ketones is 1. The Bertz CT molecular complexity index is 566. The SMILES string of the molecule is C=C(C)CCN1C(=O)C(=O)c2cc(F)c(F)cc21. The lowest BCUT2D eigenvalue weighted by Gasteiger charge is -2.16. The first kappa shape index (κ1) is 12.4. The highest BCUT2D eigenvalue weighted by Gasteiger charge is 2.36. The highest BCUT2D eigenvalue weighted by molar-refractivity contribution is 6.52. The molecule has 0 radical (unpaired) electrons. The molecule has 0 fully saturated rings. The van der Waals surface area contributed by atoms with Gasteiger partial charge in [0, 0.05) is 12.6 Å². The average Bonchev–Trinajstić information content (AvgIpc) is 2.51. The maximum atomic E-state index is 13.2. The lowest BCUT2D eigenvalue weighted by atomic mass is 10.1. The molecule has 94 valence electrons. The topological polar surface area (TPSA) is 37.4 Å². The lowest BCUT2D eigenvalue weighted by molar-refractivity contribution is -0.114. The molecule has 1 amide bonds. The molecule has 3 nitrogen and oxygen atoms in total. The maximum absolute atomic E-state index is 13.2. The number of hydrogen-bond donors (Lipinski definition) is 0. The molecule has 0 atom stereocenters. The smallest absolute Gasteiger partial charge is 0.299 e. The van der Waals surface area contributed by atoms with E-state index in [1.54, 1.807) is 6.92 Å². The van der Waals surface area contributed by atoms with Crippen LogP contribution < -0.4 is 4.90 Å². The van der Waals surface area contributed by atoms with E-state index in [1.807, 2.05) is 0 Å². The van der Waals surface area contributed by atoms with Crippen molar-refractivity contribution in [1.29, 1.82) is 0 Å². The van der Waals surface area contributed by atoms with Crippen LogP contribution in [0.5, 0.6) is 0 Å². The predicted molar refractivity (Wildman–Crippen MR) is 62.5 cm³/mol. The van der Waals surface area contributed by atoms with E-state index in [4.69, 9.17) is 0 Å². The van der Waals surface area contributed by atoms with Gasteiger partial charge in [-0.3, -0.25) is 9.59 Å². The number of rotatable bonds is 3. The van der Waals surface area contributed by atoms with Crippen molar-refractivity contribution < 1.29 is 18.4 Å². The van der Waals surface area contributed by atoms with Crippen LogP contribution in [0.2, 0.25) is 0 Å². The summed E-state index contributed by atoms with van der Waals surface area (Å²) in [5.41, 5.74) is 0.886. The molecular formula is C13H11F2NO2. The van der Waals surface area contributed by atoms with Crippen molar-refractivity contribution in [2.24, 2.45) is 0 Å². The average molecular weight is 251 g/mol. The summed E-state index contributed by atoms with van der Waals surface area (Å²) in [7, 11) is 0. The molecule has 1 aliphatic rings. The molecule has 0 aromatic heterocycles. The second-order valence-electron chi connectivity index (χ2n) is 4.28. The summed E-state index contributed by atoms with van der Waals surface area (Å²) in [5.74, 6) is -3.75. The van der Waals surface area contributed by atoms with Crippen LogP contribution in [0.25, 0.3) is 0 Å². The number of fused-ring (bicyclic) bond motifs is 1. The number of amides is 1. The Kier molecular flexibility index (Phi) is 2.98. The van der Waals surface area contributed by atoms with Crippen LogP contribution in [-0.4, -0.2) is 18.2 Å². The molecule has 0 N–H and O–H groups in total. The van der Waals surface area contributed by atoms with Crippen LogP contribution in [0.3, 0.4) is 0 Å². The lowest BCUT2D eigenvalue weighted by Crippen LogP contribution is -2.30. The molecule has 1 aromatic carbocycles. The first-order valence-corrected chi connectivity index (χ1v) is 5.41.